The number of aliphatic imine (C=N–C) groups is 1. The standard InChI is InChI=1S/C20H31N5O/c1-5-21-19(22-12-9-13-25-17(3)14-16(2)24-25)23-15-20(4,26)18-10-7-6-8-11-18/h6-8,10-11,14,26H,5,9,12-13,15H2,1-4H3,(H2,21,22,23). The highest BCUT2D eigenvalue weighted by Gasteiger charge is 2.22. The first-order valence-corrected chi connectivity index (χ1v) is 9.23. The molecule has 6 heteroatoms. The lowest BCUT2D eigenvalue weighted by Crippen LogP contribution is -2.39. The monoisotopic (exact) mass is 357 g/mol. The average Bonchev–Trinajstić information content (AvgIpc) is 2.94. The van der Waals surface area contributed by atoms with E-state index >= 15 is 0 Å². The van der Waals surface area contributed by atoms with Crippen LogP contribution in [0.2, 0.25) is 0 Å². The lowest BCUT2D eigenvalue weighted by molar-refractivity contribution is 0.0672. The Kier molecular flexibility index (Phi) is 7.21. The van der Waals surface area contributed by atoms with Gasteiger partial charge in [-0.05, 0) is 45.7 Å². The van der Waals surface area contributed by atoms with E-state index in [0.29, 0.717) is 6.54 Å². The largest absolute Gasteiger partial charge is 0.384 e. The Morgan fingerprint density at radius 1 is 1.23 bits per heavy atom. The lowest BCUT2D eigenvalue weighted by atomic mass is 9.96. The number of guanidine groups is 1. The van der Waals surface area contributed by atoms with E-state index in [2.05, 4.69) is 33.7 Å². The summed E-state index contributed by atoms with van der Waals surface area (Å²) < 4.78 is 2.03. The Hall–Kier alpha value is -2.34. The Balaban J connectivity index is 1.87. The molecule has 1 aromatic heterocycles. The van der Waals surface area contributed by atoms with Gasteiger partial charge >= 0.3 is 0 Å². The maximum absolute atomic E-state index is 10.7. The number of aliphatic hydroxyl groups is 1. The third-order valence-corrected chi connectivity index (χ3v) is 4.23. The quantitative estimate of drug-likeness (QED) is 0.385. The molecule has 0 bridgehead atoms. The summed E-state index contributed by atoms with van der Waals surface area (Å²) in [6, 6.07) is 11.7. The summed E-state index contributed by atoms with van der Waals surface area (Å²) in [4.78, 5) is 4.55. The molecule has 0 aliphatic carbocycles. The third kappa shape index (κ3) is 5.88. The second-order valence-corrected chi connectivity index (χ2v) is 6.77. The Labute approximate surface area is 156 Å². The number of aromatic nitrogens is 2. The maximum Gasteiger partial charge on any atom is 0.191 e. The fourth-order valence-corrected chi connectivity index (χ4v) is 2.80. The van der Waals surface area contributed by atoms with E-state index in [-0.39, 0.29) is 0 Å². The van der Waals surface area contributed by atoms with Gasteiger partial charge in [-0.3, -0.25) is 4.68 Å². The zero-order valence-electron chi connectivity index (χ0n) is 16.3. The number of hydrogen-bond acceptors (Lipinski definition) is 3. The van der Waals surface area contributed by atoms with Crippen LogP contribution in [0.15, 0.2) is 41.4 Å². The molecule has 1 heterocycles. The molecule has 0 spiro atoms. The molecule has 0 aliphatic rings. The molecule has 1 atom stereocenters. The van der Waals surface area contributed by atoms with Crippen molar-refractivity contribution in [2.45, 2.75) is 46.3 Å². The summed E-state index contributed by atoms with van der Waals surface area (Å²) in [5.74, 6) is 0.720. The molecule has 0 saturated carbocycles. The molecule has 1 aromatic carbocycles. The topological polar surface area (TPSA) is 74.5 Å². The van der Waals surface area contributed by atoms with E-state index in [1.54, 1.807) is 6.92 Å². The van der Waals surface area contributed by atoms with Gasteiger partial charge in [0.05, 0.1) is 12.2 Å². The van der Waals surface area contributed by atoms with Crippen molar-refractivity contribution in [1.29, 1.82) is 0 Å². The van der Waals surface area contributed by atoms with E-state index in [0.717, 1.165) is 43.3 Å². The van der Waals surface area contributed by atoms with Gasteiger partial charge in [-0.25, -0.2) is 4.99 Å². The molecule has 0 amide bonds. The molecule has 2 rings (SSSR count). The predicted molar refractivity (Wildman–Crippen MR) is 106 cm³/mol. The molecule has 6 nitrogen and oxygen atoms in total. The molecule has 1 unspecified atom stereocenters. The van der Waals surface area contributed by atoms with E-state index in [9.17, 15) is 5.11 Å². The van der Waals surface area contributed by atoms with E-state index in [1.165, 1.54) is 5.69 Å². The van der Waals surface area contributed by atoms with Crippen LogP contribution in [0.25, 0.3) is 0 Å². The average molecular weight is 358 g/mol. The Bertz CT molecular complexity index is 706. The van der Waals surface area contributed by atoms with Crippen molar-refractivity contribution >= 4 is 5.96 Å². The maximum atomic E-state index is 10.7. The number of rotatable bonds is 8. The summed E-state index contributed by atoms with van der Waals surface area (Å²) in [5, 5.41) is 21.7. The third-order valence-electron chi connectivity index (χ3n) is 4.23. The molecule has 2 aromatic rings. The zero-order valence-corrected chi connectivity index (χ0v) is 16.3. The van der Waals surface area contributed by atoms with Crippen molar-refractivity contribution in [3.63, 3.8) is 0 Å². The summed E-state index contributed by atoms with van der Waals surface area (Å²) >= 11 is 0. The highest BCUT2D eigenvalue weighted by atomic mass is 16.3. The SMILES string of the molecule is CCNC(=NCC(C)(O)c1ccccc1)NCCCn1nc(C)cc1C. The Morgan fingerprint density at radius 3 is 2.58 bits per heavy atom. The molecule has 0 fully saturated rings. The first-order valence-electron chi connectivity index (χ1n) is 9.23. The number of nitrogens with zero attached hydrogens (tertiary/aromatic N) is 3. The van der Waals surface area contributed by atoms with Crippen LogP contribution < -0.4 is 10.6 Å². The zero-order chi connectivity index (χ0) is 19.0. The van der Waals surface area contributed by atoms with Crippen molar-refractivity contribution in [3.8, 4) is 0 Å². The molecular weight excluding hydrogens is 326 g/mol. The molecule has 0 saturated heterocycles. The molecule has 0 radical (unpaired) electrons. The normalized spacial score (nSPS) is 14.1. The van der Waals surface area contributed by atoms with Crippen molar-refractivity contribution in [2.24, 2.45) is 4.99 Å². The Morgan fingerprint density at radius 2 is 1.96 bits per heavy atom. The number of benzene rings is 1. The lowest BCUT2D eigenvalue weighted by Gasteiger charge is -2.22. The second kappa shape index (κ2) is 9.38. The van der Waals surface area contributed by atoms with Crippen LogP contribution in [-0.4, -0.2) is 40.5 Å². The van der Waals surface area contributed by atoms with Gasteiger partial charge in [-0.15, -0.1) is 0 Å². The van der Waals surface area contributed by atoms with Crippen LogP contribution in [0.1, 0.15) is 37.2 Å². The van der Waals surface area contributed by atoms with Crippen LogP contribution in [0.3, 0.4) is 0 Å². The summed E-state index contributed by atoms with van der Waals surface area (Å²) in [7, 11) is 0. The summed E-state index contributed by atoms with van der Waals surface area (Å²) in [6.07, 6.45) is 0.946. The van der Waals surface area contributed by atoms with Crippen molar-refractivity contribution in [1.82, 2.24) is 20.4 Å². The minimum absolute atomic E-state index is 0.295. The van der Waals surface area contributed by atoms with Gasteiger partial charge in [0.15, 0.2) is 5.96 Å². The number of hydrogen-bond donors (Lipinski definition) is 3. The minimum Gasteiger partial charge on any atom is -0.384 e. The second-order valence-electron chi connectivity index (χ2n) is 6.77. The first-order chi connectivity index (χ1) is 12.4. The van der Waals surface area contributed by atoms with Crippen molar-refractivity contribution in [3.05, 3.63) is 53.3 Å². The summed E-state index contributed by atoms with van der Waals surface area (Å²) in [5.41, 5.74) is 2.10. The van der Waals surface area contributed by atoms with Gasteiger partial charge in [-0.2, -0.15) is 5.10 Å². The van der Waals surface area contributed by atoms with Crippen LogP contribution in [-0.2, 0) is 12.1 Å². The van der Waals surface area contributed by atoms with Crippen LogP contribution in [0, 0.1) is 13.8 Å². The molecule has 3 N–H and O–H groups in total. The van der Waals surface area contributed by atoms with E-state index in [4.69, 9.17) is 0 Å². The smallest absolute Gasteiger partial charge is 0.191 e. The highest BCUT2D eigenvalue weighted by Crippen LogP contribution is 2.20. The fraction of sp³-hybridized carbons (Fsp3) is 0.500. The van der Waals surface area contributed by atoms with Crippen LogP contribution in [0.4, 0.5) is 0 Å². The molecule has 26 heavy (non-hydrogen) atoms. The summed E-state index contributed by atoms with van der Waals surface area (Å²) in [6.45, 7) is 10.6. The van der Waals surface area contributed by atoms with Gasteiger partial charge in [0.25, 0.3) is 0 Å². The predicted octanol–water partition coefficient (Wildman–Crippen LogP) is 2.35. The van der Waals surface area contributed by atoms with Crippen molar-refractivity contribution in [2.75, 3.05) is 19.6 Å². The molecule has 0 aliphatic heterocycles. The fourth-order valence-electron chi connectivity index (χ4n) is 2.80. The van der Waals surface area contributed by atoms with Crippen LogP contribution in [0.5, 0.6) is 0 Å². The molecule has 142 valence electrons. The van der Waals surface area contributed by atoms with Gasteiger partial charge in [0.1, 0.15) is 5.60 Å². The number of aryl methyl sites for hydroxylation is 3. The van der Waals surface area contributed by atoms with Gasteiger partial charge in [-0.1, -0.05) is 30.3 Å². The minimum atomic E-state index is -0.993. The number of nitrogens with one attached hydrogen (secondary N) is 2. The first kappa shape index (κ1) is 20.0. The van der Waals surface area contributed by atoms with Gasteiger partial charge < -0.3 is 15.7 Å². The van der Waals surface area contributed by atoms with Gasteiger partial charge in [0, 0.05) is 25.3 Å². The van der Waals surface area contributed by atoms with Crippen LogP contribution >= 0.6 is 0 Å². The molecular formula is C20H31N5O. The van der Waals surface area contributed by atoms with Gasteiger partial charge in [0.2, 0.25) is 0 Å². The van der Waals surface area contributed by atoms with Crippen molar-refractivity contribution < 1.29 is 5.11 Å². The highest BCUT2D eigenvalue weighted by molar-refractivity contribution is 5.79. The van der Waals surface area contributed by atoms with E-state index < -0.39 is 5.60 Å². The van der Waals surface area contributed by atoms with E-state index in [1.807, 2.05) is 48.9 Å².